The van der Waals surface area contributed by atoms with Crippen LogP contribution in [0.15, 0.2) is 18.3 Å². The highest BCUT2D eigenvalue weighted by molar-refractivity contribution is 5.78. The van der Waals surface area contributed by atoms with Crippen LogP contribution in [0.3, 0.4) is 0 Å². The Labute approximate surface area is 88.7 Å². The van der Waals surface area contributed by atoms with Gasteiger partial charge in [-0.15, -0.1) is 0 Å². The van der Waals surface area contributed by atoms with Crippen molar-refractivity contribution in [3.8, 4) is 6.07 Å². The van der Waals surface area contributed by atoms with E-state index in [-0.39, 0.29) is 5.84 Å². The van der Waals surface area contributed by atoms with E-state index in [2.05, 4.69) is 4.98 Å². The Hall–Kier alpha value is -1.93. The van der Waals surface area contributed by atoms with Gasteiger partial charge < -0.3 is 5.73 Å². The number of rotatable bonds is 4. The molecule has 15 heavy (non-hydrogen) atoms. The van der Waals surface area contributed by atoms with Gasteiger partial charge in [0.1, 0.15) is 17.6 Å². The minimum atomic E-state index is 0.138. The average molecular weight is 203 g/mol. The van der Waals surface area contributed by atoms with Crippen molar-refractivity contribution in [2.24, 2.45) is 5.73 Å². The molecule has 78 valence electrons. The van der Waals surface area contributed by atoms with Crippen LogP contribution >= 0.6 is 0 Å². The molecule has 0 fully saturated rings. The van der Waals surface area contributed by atoms with Gasteiger partial charge in [-0.1, -0.05) is 6.07 Å². The van der Waals surface area contributed by atoms with Crippen LogP contribution < -0.4 is 5.73 Å². The van der Waals surface area contributed by atoms with Crippen LogP contribution in [0, 0.1) is 16.7 Å². The number of amidine groups is 1. The second-order valence-electron chi connectivity index (χ2n) is 3.36. The summed E-state index contributed by atoms with van der Waals surface area (Å²) < 4.78 is 0. The van der Waals surface area contributed by atoms with Crippen LogP contribution in [0.25, 0.3) is 0 Å². The van der Waals surface area contributed by atoms with Gasteiger partial charge in [0.25, 0.3) is 0 Å². The fraction of sp³-hybridized carbons (Fsp3) is 0.300. The highest BCUT2D eigenvalue weighted by atomic mass is 15.1. The van der Waals surface area contributed by atoms with Gasteiger partial charge in [-0.25, -0.2) is 4.98 Å². The lowest BCUT2D eigenvalue weighted by atomic mass is 10.2. The van der Waals surface area contributed by atoms with Crippen molar-refractivity contribution in [1.82, 2.24) is 9.88 Å². The quantitative estimate of drug-likeness (QED) is 0.544. The Balaban J connectivity index is 2.58. The van der Waals surface area contributed by atoms with E-state index in [9.17, 15) is 0 Å². The van der Waals surface area contributed by atoms with Crippen LogP contribution in [-0.2, 0) is 6.54 Å². The molecule has 1 rings (SSSR count). The lowest BCUT2D eigenvalue weighted by Gasteiger charge is -2.14. The maximum absolute atomic E-state index is 8.56. The molecule has 1 aromatic rings. The Morgan fingerprint density at radius 2 is 2.40 bits per heavy atom. The Morgan fingerprint density at radius 1 is 1.67 bits per heavy atom. The van der Waals surface area contributed by atoms with E-state index in [1.165, 1.54) is 0 Å². The molecule has 0 unspecified atom stereocenters. The molecular weight excluding hydrogens is 190 g/mol. The summed E-state index contributed by atoms with van der Waals surface area (Å²) in [4.78, 5) is 5.86. The predicted molar refractivity (Wildman–Crippen MR) is 57.2 cm³/mol. The Kier molecular flexibility index (Phi) is 3.77. The molecule has 0 saturated heterocycles. The van der Waals surface area contributed by atoms with Gasteiger partial charge in [-0.2, -0.15) is 5.26 Å². The summed E-state index contributed by atoms with van der Waals surface area (Å²) in [6.07, 6.45) is 1.66. The van der Waals surface area contributed by atoms with Gasteiger partial charge in [0, 0.05) is 12.7 Å². The highest BCUT2D eigenvalue weighted by Gasteiger charge is 2.02. The lowest BCUT2D eigenvalue weighted by Crippen LogP contribution is -2.29. The molecule has 1 heterocycles. The normalized spacial score (nSPS) is 9.93. The number of nitrogens with zero attached hydrogens (tertiary/aromatic N) is 3. The van der Waals surface area contributed by atoms with Crippen molar-refractivity contribution in [2.75, 3.05) is 13.6 Å². The zero-order valence-electron chi connectivity index (χ0n) is 8.57. The van der Waals surface area contributed by atoms with Crippen LogP contribution in [0.5, 0.6) is 0 Å². The van der Waals surface area contributed by atoms with Crippen molar-refractivity contribution in [3.63, 3.8) is 0 Å². The Bertz CT molecular complexity index is 376. The van der Waals surface area contributed by atoms with Gasteiger partial charge in [-0.3, -0.25) is 10.3 Å². The molecule has 1 aromatic heterocycles. The summed E-state index contributed by atoms with van der Waals surface area (Å²) in [6.45, 7) is 1.10. The monoisotopic (exact) mass is 203 g/mol. The Morgan fingerprint density at radius 3 is 2.87 bits per heavy atom. The van der Waals surface area contributed by atoms with Crippen LogP contribution in [-0.4, -0.2) is 29.3 Å². The maximum Gasteiger partial charge on any atom is 0.140 e. The number of aromatic nitrogens is 1. The van der Waals surface area contributed by atoms with Gasteiger partial charge in [0.15, 0.2) is 0 Å². The van der Waals surface area contributed by atoms with E-state index in [1.54, 1.807) is 12.3 Å². The minimum absolute atomic E-state index is 0.138. The number of hydrogen-bond donors (Lipinski definition) is 2. The SMILES string of the molecule is CN(CC(=N)N)Cc1ccc(C#N)nc1. The van der Waals surface area contributed by atoms with E-state index in [0.29, 0.717) is 18.8 Å². The van der Waals surface area contributed by atoms with E-state index >= 15 is 0 Å². The smallest absolute Gasteiger partial charge is 0.140 e. The lowest BCUT2D eigenvalue weighted by molar-refractivity contribution is 0.372. The average Bonchev–Trinajstić information content (AvgIpc) is 2.17. The topological polar surface area (TPSA) is 89.8 Å². The number of nitrogens with one attached hydrogen (secondary N) is 1. The van der Waals surface area contributed by atoms with Crippen molar-refractivity contribution >= 4 is 5.84 Å². The first-order valence-corrected chi connectivity index (χ1v) is 4.48. The molecule has 0 spiro atoms. The van der Waals surface area contributed by atoms with E-state index < -0.39 is 0 Å². The zero-order valence-corrected chi connectivity index (χ0v) is 8.57. The molecular formula is C10H13N5. The van der Waals surface area contributed by atoms with Gasteiger partial charge >= 0.3 is 0 Å². The zero-order chi connectivity index (χ0) is 11.3. The third-order valence-electron chi connectivity index (χ3n) is 1.83. The summed E-state index contributed by atoms with van der Waals surface area (Å²) in [5.74, 6) is 0.138. The second kappa shape index (κ2) is 5.08. The molecule has 0 radical (unpaired) electrons. The molecule has 3 N–H and O–H groups in total. The first-order chi connectivity index (χ1) is 7.11. The number of likely N-dealkylation sites (N-methyl/N-ethyl adjacent to an activating group) is 1. The number of hydrogen-bond acceptors (Lipinski definition) is 4. The molecule has 0 aliphatic rings. The fourth-order valence-electron chi connectivity index (χ4n) is 1.24. The van der Waals surface area contributed by atoms with E-state index in [0.717, 1.165) is 5.56 Å². The third-order valence-corrected chi connectivity index (χ3v) is 1.83. The number of nitrogens with two attached hydrogens (primary N) is 1. The molecule has 5 nitrogen and oxygen atoms in total. The van der Waals surface area contributed by atoms with Crippen LogP contribution in [0.2, 0.25) is 0 Å². The number of nitriles is 1. The first kappa shape index (κ1) is 11.1. The molecule has 0 atom stereocenters. The molecule has 0 aliphatic carbocycles. The van der Waals surface area contributed by atoms with E-state index in [4.69, 9.17) is 16.4 Å². The summed E-state index contributed by atoms with van der Waals surface area (Å²) in [5, 5.41) is 15.7. The second-order valence-corrected chi connectivity index (χ2v) is 3.36. The molecule has 0 bridgehead atoms. The van der Waals surface area contributed by atoms with Crippen molar-refractivity contribution in [1.29, 1.82) is 10.7 Å². The largest absolute Gasteiger partial charge is 0.387 e. The summed E-state index contributed by atoms with van der Waals surface area (Å²) in [7, 11) is 1.87. The fourth-order valence-corrected chi connectivity index (χ4v) is 1.24. The minimum Gasteiger partial charge on any atom is -0.387 e. The number of pyridine rings is 1. The van der Waals surface area contributed by atoms with Gasteiger partial charge in [0.2, 0.25) is 0 Å². The summed E-state index contributed by atoms with van der Waals surface area (Å²) in [5.41, 5.74) is 6.68. The molecule has 0 amide bonds. The summed E-state index contributed by atoms with van der Waals surface area (Å²) in [6, 6.07) is 5.49. The standard InChI is InChI=1S/C10H13N5/c1-15(7-10(12)13)6-8-2-3-9(4-11)14-5-8/h2-3,5H,6-7H2,1H3,(H3,12,13). The van der Waals surface area contributed by atoms with Gasteiger partial charge in [0.05, 0.1) is 6.54 Å². The third kappa shape index (κ3) is 3.75. The van der Waals surface area contributed by atoms with Crippen molar-refractivity contribution in [2.45, 2.75) is 6.54 Å². The molecule has 5 heteroatoms. The highest BCUT2D eigenvalue weighted by Crippen LogP contribution is 2.02. The van der Waals surface area contributed by atoms with Crippen molar-refractivity contribution in [3.05, 3.63) is 29.6 Å². The van der Waals surface area contributed by atoms with Crippen LogP contribution in [0.4, 0.5) is 0 Å². The predicted octanol–water partition coefficient (Wildman–Crippen LogP) is 0.321. The maximum atomic E-state index is 8.56. The first-order valence-electron chi connectivity index (χ1n) is 4.48. The van der Waals surface area contributed by atoms with Crippen molar-refractivity contribution < 1.29 is 0 Å². The van der Waals surface area contributed by atoms with Crippen LogP contribution in [0.1, 0.15) is 11.3 Å². The van der Waals surface area contributed by atoms with Gasteiger partial charge in [-0.05, 0) is 18.7 Å². The molecule has 0 aromatic carbocycles. The summed E-state index contributed by atoms with van der Waals surface area (Å²) >= 11 is 0. The van der Waals surface area contributed by atoms with E-state index in [1.807, 2.05) is 24.1 Å². The molecule has 0 aliphatic heterocycles. The molecule has 0 saturated carbocycles.